The predicted octanol–water partition coefficient (Wildman–Crippen LogP) is 0.195. The fraction of sp³-hybridized carbons (Fsp3) is 0.500. The first-order chi connectivity index (χ1) is 4.31. The van der Waals surface area contributed by atoms with E-state index >= 15 is 0 Å². The summed E-state index contributed by atoms with van der Waals surface area (Å²) in [5.41, 5.74) is 0. The molecule has 1 amide bonds. The van der Waals surface area contributed by atoms with Crippen molar-refractivity contribution in [3.8, 4) is 0 Å². The van der Waals surface area contributed by atoms with Crippen LogP contribution in [0.3, 0.4) is 0 Å². The Labute approximate surface area is 73.1 Å². The van der Waals surface area contributed by atoms with E-state index in [2.05, 4.69) is 11.9 Å². The van der Waals surface area contributed by atoms with Crippen molar-refractivity contribution in [3.63, 3.8) is 0 Å². The molecule has 0 unspecified atom stereocenters. The van der Waals surface area contributed by atoms with Crippen molar-refractivity contribution in [2.45, 2.75) is 12.8 Å². The average molecular weight is 135 g/mol. The summed E-state index contributed by atoms with van der Waals surface area (Å²) < 4.78 is 1.89. The fourth-order valence-corrected chi connectivity index (χ4v) is 0.565. The molecule has 0 aromatic rings. The third-order valence-electron chi connectivity index (χ3n) is 0.903. The third-order valence-corrected chi connectivity index (χ3v) is 0.903. The predicted molar refractivity (Wildman–Crippen MR) is 38.2 cm³/mol. The van der Waals surface area contributed by atoms with Gasteiger partial charge in [0.2, 0.25) is 5.91 Å². The summed E-state index contributed by atoms with van der Waals surface area (Å²) in [4.78, 5) is 10.1. The molecule has 1 heterocycles. The van der Waals surface area contributed by atoms with Crippen LogP contribution in [0.25, 0.3) is 0 Å². The zero-order valence-corrected chi connectivity index (χ0v) is 7.81. The Morgan fingerprint density at radius 3 is 2.44 bits per heavy atom. The van der Waals surface area contributed by atoms with E-state index in [1.54, 1.807) is 0 Å². The smallest absolute Gasteiger partial charge is 0.220 e. The Morgan fingerprint density at radius 1 is 1.78 bits per heavy atom. The number of amides is 1. The molecule has 0 radical (unpaired) electrons. The molecule has 0 bridgehead atoms. The second-order valence-corrected chi connectivity index (χ2v) is 2.68. The molecule has 0 spiro atoms. The normalized spacial score (nSPS) is 15.6. The maximum absolute atomic E-state index is 10.1. The van der Waals surface area contributed by atoms with Crippen molar-refractivity contribution >= 4 is 33.8 Å². The number of carbonyl (C=O) groups is 1. The van der Waals surface area contributed by atoms with Crippen LogP contribution in [-0.4, -0.2) is 40.4 Å². The van der Waals surface area contributed by atoms with Gasteiger partial charge in [0.05, 0.1) is 0 Å². The van der Waals surface area contributed by atoms with E-state index in [0.717, 1.165) is 47.3 Å². The van der Waals surface area contributed by atoms with Crippen LogP contribution in [0.1, 0.15) is 12.8 Å². The van der Waals surface area contributed by atoms with Crippen LogP contribution in [0.15, 0.2) is 9.90 Å². The molecule has 46 valence electrons. The molecule has 3 heteroatoms. The molecule has 2 nitrogen and oxygen atoms in total. The number of hydrogen-bond donors (Lipinski definition) is 1. The van der Waals surface area contributed by atoms with Gasteiger partial charge in [-0.15, -0.1) is 0 Å². The van der Waals surface area contributed by atoms with E-state index in [9.17, 15) is 4.79 Å². The van der Waals surface area contributed by atoms with Gasteiger partial charge in [-0.3, -0.25) is 4.79 Å². The second-order valence-electron chi connectivity index (χ2n) is 1.86. The molecular formula is C6H10NNaO. The van der Waals surface area contributed by atoms with Gasteiger partial charge < -0.3 is 5.32 Å². The van der Waals surface area contributed by atoms with Gasteiger partial charge in [0, 0.05) is 13.0 Å². The van der Waals surface area contributed by atoms with Gasteiger partial charge in [-0.25, -0.2) is 0 Å². The van der Waals surface area contributed by atoms with Gasteiger partial charge in [0.1, 0.15) is 0 Å². The monoisotopic (exact) mass is 135 g/mol. The van der Waals surface area contributed by atoms with E-state index in [-0.39, 0.29) is 5.91 Å². The molecule has 1 rings (SSSR count). The number of nitrogens with one attached hydrogen (secondary N) is 1. The van der Waals surface area contributed by atoms with Gasteiger partial charge in [0.15, 0.2) is 0 Å². The first kappa shape index (κ1) is 9.21. The zero-order chi connectivity index (χ0) is 7.11. The van der Waals surface area contributed by atoms with E-state index in [1.165, 1.54) is 0 Å². The van der Waals surface area contributed by atoms with Gasteiger partial charge in [-0.2, -0.15) is 0 Å². The van der Waals surface area contributed by atoms with Crippen molar-refractivity contribution < 1.29 is 4.79 Å². The maximum atomic E-state index is 10.1. The largest absolute Gasteiger partial charge is 0.356 e. The summed E-state index contributed by atoms with van der Waals surface area (Å²) in [6.45, 7) is 4.31. The van der Waals surface area contributed by atoms with Crippen LogP contribution >= 0.6 is 0 Å². The molecule has 9 heavy (non-hydrogen) atoms. The number of hydrogen-bond acceptors (Lipinski definition) is 1. The Bertz CT molecular complexity index is 95.2. The standard InChI is InChI=1S/C4H7NO.C2H3.Na/c6-4-2-1-3-5-4;1-2;/h1-3H2,(H,5,6);1H,2H2;. The molecule has 0 saturated carbocycles. The van der Waals surface area contributed by atoms with E-state index < -0.39 is 0 Å². The van der Waals surface area contributed by atoms with Crippen molar-refractivity contribution in [3.05, 3.63) is 9.90 Å². The van der Waals surface area contributed by atoms with Gasteiger partial charge >= 0.3 is 37.8 Å². The minimum atomic E-state index is 0.204. The summed E-state index contributed by atoms with van der Waals surface area (Å²) >= 11 is 1.13. The second kappa shape index (κ2) is 6.33. The van der Waals surface area contributed by atoms with Gasteiger partial charge in [-0.1, -0.05) is 0 Å². The minimum Gasteiger partial charge on any atom is -0.356 e. The molecule has 0 aliphatic carbocycles. The molecule has 1 aliphatic heterocycles. The molecule has 1 aliphatic rings. The third kappa shape index (κ3) is 6.09. The summed E-state index contributed by atoms with van der Waals surface area (Å²) in [6, 6.07) is 0. The molecule has 1 saturated heterocycles. The minimum absolute atomic E-state index is 0.204. The van der Waals surface area contributed by atoms with Crippen LogP contribution in [-0.2, 0) is 4.79 Å². The van der Waals surface area contributed by atoms with Crippen LogP contribution in [0.5, 0.6) is 0 Å². The van der Waals surface area contributed by atoms with E-state index in [0.29, 0.717) is 0 Å². The maximum Gasteiger partial charge on any atom is 0.220 e. The Balaban J connectivity index is 0.000000187. The van der Waals surface area contributed by atoms with Crippen molar-refractivity contribution in [1.29, 1.82) is 0 Å². The number of carbonyl (C=O) groups excluding carboxylic acids is 1. The molecule has 0 atom stereocenters. The molecule has 0 aromatic carbocycles. The molecule has 0 aromatic heterocycles. The SMILES string of the molecule is C=[CH][Na].O=C1CCCN1. The summed E-state index contributed by atoms with van der Waals surface area (Å²) in [6.07, 6.45) is 1.76. The Kier molecular flexibility index (Phi) is 6.48. The Morgan fingerprint density at radius 2 is 2.33 bits per heavy atom. The van der Waals surface area contributed by atoms with Crippen molar-refractivity contribution in [1.82, 2.24) is 5.32 Å². The first-order valence-electron chi connectivity index (χ1n) is 3.15. The summed E-state index contributed by atoms with van der Waals surface area (Å²) in [7, 11) is 0. The average Bonchev–Trinajstić information content (AvgIpc) is 2.20. The van der Waals surface area contributed by atoms with Gasteiger partial charge in [-0.05, 0) is 6.42 Å². The zero-order valence-electron chi connectivity index (χ0n) is 5.81. The van der Waals surface area contributed by atoms with E-state index in [4.69, 9.17) is 0 Å². The van der Waals surface area contributed by atoms with Gasteiger partial charge in [0.25, 0.3) is 0 Å². The van der Waals surface area contributed by atoms with Crippen molar-refractivity contribution in [2.24, 2.45) is 0 Å². The quantitative estimate of drug-likeness (QED) is 0.472. The fourth-order valence-electron chi connectivity index (χ4n) is 0.565. The molecule has 1 N–H and O–H groups in total. The number of rotatable bonds is 0. The van der Waals surface area contributed by atoms with E-state index in [1.807, 2.05) is 3.33 Å². The molecular weight excluding hydrogens is 125 g/mol. The van der Waals surface area contributed by atoms with Crippen LogP contribution < -0.4 is 5.32 Å². The first-order valence-corrected chi connectivity index (χ1v) is 4.30. The molecule has 1 fully saturated rings. The topological polar surface area (TPSA) is 29.1 Å². The van der Waals surface area contributed by atoms with Crippen LogP contribution in [0.2, 0.25) is 0 Å². The van der Waals surface area contributed by atoms with Crippen LogP contribution in [0.4, 0.5) is 0 Å². The van der Waals surface area contributed by atoms with Crippen molar-refractivity contribution in [2.75, 3.05) is 6.54 Å². The summed E-state index contributed by atoms with van der Waals surface area (Å²) in [5.74, 6) is 0.204. The summed E-state index contributed by atoms with van der Waals surface area (Å²) in [5, 5.41) is 2.68. The Hall–Kier alpha value is 0.210. The van der Waals surface area contributed by atoms with Crippen LogP contribution in [0, 0.1) is 0 Å².